The first-order chi connectivity index (χ1) is 12.3. The number of anilines is 1. The molecule has 2 N–H and O–H groups in total. The predicted molar refractivity (Wildman–Crippen MR) is 96.9 cm³/mol. The van der Waals surface area contributed by atoms with Crippen molar-refractivity contribution in [3.63, 3.8) is 0 Å². The third-order valence-electron chi connectivity index (χ3n) is 4.24. The molecule has 6 nitrogen and oxygen atoms in total. The van der Waals surface area contributed by atoms with E-state index in [9.17, 15) is 4.79 Å². The number of nitrogens with zero attached hydrogens (tertiary/aromatic N) is 2. The second kappa shape index (κ2) is 7.16. The van der Waals surface area contributed by atoms with Gasteiger partial charge in [0, 0.05) is 16.6 Å². The lowest BCUT2D eigenvalue weighted by Gasteiger charge is -2.20. The monoisotopic (exact) mass is 354 g/mol. The lowest BCUT2D eigenvalue weighted by atomic mass is 9.97. The van der Waals surface area contributed by atoms with Crippen LogP contribution in [0.5, 0.6) is 0 Å². The van der Waals surface area contributed by atoms with E-state index in [-0.39, 0.29) is 11.6 Å². The summed E-state index contributed by atoms with van der Waals surface area (Å²) >= 11 is 1.54. The molecular formula is C18H18N4O2S. The van der Waals surface area contributed by atoms with E-state index >= 15 is 0 Å². The molecule has 0 unspecified atom stereocenters. The van der Waals surface area contributed by atoms with Crippen LogP contribution in [-0.2, 0) is 0 Å². The molecule has 4 rings (SSSR count). The summed E-state index contributed by atoms with van der Waals surface area (Å²) < 4.78 is 5.41. The van der Waals surface area contributed by atoms with Crippen LogP contribution in [0.4, 0.5) is 5.13 Å². The van der Waals surface area contributed by atoms with Crippen molar-refractivity contribution in [2.75, 3.05) is 18.4 Å². The fourth-order valence-corrected chi connectivity index (χ4v) is 3.87. The number of benzene rings is 1. The summed E-state index contributed by atoms with van der Waals surface area (Å²) in [4.78, 5) is 22.2. The number of carbonyl (C=O) groups excluding carboxylic acids is 1. The normalized spacial score (nSPS) is 15.2. The molecule has 25 heavy (non-hydrogen) atoms. The Bertz CT molecular complexity index is 853. The lowest BCUT2D eigenvalue weighted by Crippen LogP contribution is -2.26. The summed E-state index contributed by atoms with van der Waals surface area (Å²) in [5.41, 5.74) is 1.08. The second-order valence-electron chi connectivity index (χ2n) is 5.95. The molecule has 0 aliphatic carbocycles. The van der Waals surface area contributed by atoms with Gasteiger partial charge in [0.15, 0.2) is 10.8 Å². The van der Waals surface area contributed by atoms with Crippen LogP contribution < -0.4 is 10.6 Å². The van der Waals surface area contributed by atoms with Crippen LogP contribution in [0.3, 0.4) is 0 Å². The molecule has 1 aliphatic heterocycles. The molecule has 1 amide bonds. The molecule has 0 saturated carbocycles. The number of amides is 1. The average Bonchev–Trinajstić information content (AvgIpc) is 3.33. The van der Waals surface area contributed by atoms with Crippen LogP contribution in [-0.4, -0.2) is 29.0 Å². The second-order valence-corrected chi connectivity index (χ2v) is 7.01. The highest BCUT2D eigenvalue weighted by atomic mass is 32.1. The van der Waals surface area contributed by atoms with E-state index in [2.05, 4.69) is 20.6 Å². The van der Waals surface area contributed by atoms with E-state index in [4.69, 9.17) is 4.42 Å². The van der Waals surface area contributed by atoms with Crippen molar-refractivity contribution in [1.29, 1.82) is 0 Å². The van der Waals surface area contributed by atoms with Gasteiger partial charge in [0.1, 0.15) is 6.26 Å². The van der Waals surface area contributed by atoms with Gasteiger partial charge in [-0.3, -0.25) is 10.1 Å². The fraction of sp³-hybridized carbons (Fsp3) is 0.278. The molecule has 0 radical (unpaired) electrons. The predicted octanol–water partition coefficient (Wildman–Crippen LogP) is 3.52. The maximum Gasteiger partial charge on any atom is 0.279 e. The van der Waals surface area contributed by atoms with E-state index in [1.165, 1.54) is 22.5 Å². The number of carbonyl (C=O) groups is 1. The number of piperidine rings is 1. The number of aromatic nitrogens is 2. The van der Waals surface area contributed by atoms with E-state index in [0.29, 0.717) is 16.9 Å². The molecule has 0 atom stereocenters. The minimum Gasteiger partial charge on any atom is -0.444 e. The standard InChI is InChI=1S/C18H18N4O2S/c23-16(14-11-24-17(21-14)13-4-2-1-3-5-13)22-18-20-10-15(25-18)12-6-8-19-9-7-12/h1-5,10-12,19H,6-9H2,(H,20,22,23). The molecule has 0 bridgehead atoms. The van der Waals surface area contributed by atoms with Crippen LogP contribution in [0.2, 0.25) is 0 Å². The minimum absolute atomic E-state index is 0.248. The first-order valence-corrected chi connectivity index (χ1v) is 9.10. The Morgan fingerprint density at radius 1 is 1.24 bits per heavy atom. The smallest absolute Gasteiger partial charge is 0.279 e. The average molecular weight is 354 g/mol. The summed E-state index contributed by atoms with van der Waals surface area (Å²) in [5.74, 6) is 0.651. The third kappa shape index (κ3) is 3.62. The van der Waals surface area contributed by atoms with Crippen molar-refractivity contribution in [2.24, 2.45) is 0 Å². The van der Waals surface area contributed by atoms with Crippen LogP contribution in [0.15, 0.2) is 47.2 Å². The number of oxazole rings is 1. The van der Waals surface area contributed by atoms with Crippen molar-refractivity contribution in [2.45, 2.75) is 18.8 Å². The Kier molecular flexibility index (Phi) is 4.58. The van der Waals surface area contributed by atoms with Crippen LogP contribution >= 0.6 is 11.3 Å². The molecular weight excluding hydrogens is 336 g/mol. The van der Waals surface area contributed by atoms with Crippen molar-refractivity contribution in [1.82, 2.24) is 15.3 Å². The summed E-state index contributed by atoms with van der Waals surface area (Å²) in [6.45, 7) is 2.07. The van der Waals surface area contributed by atoms with Gasteiger partial charge in [-0.1, -0.05) is 18.2 Å². The van der Waals surface area contributed by atoms with Crippen molar-refractivity contribution >= 4 is 22.4 Å². The van der Waals surface area contributed by atoms with Crippen molar-refractivity contribution in [3.05, 3.63) is 53.4 Å². The van der Waals surface area contributed by atoms with Crippen LogP contribution in [0.1, 0.15) is 34.1 Å². The van der Waals surface area contributed by atoms with E-state index in [1.54, 1.807) is 0 Å². The Balaban J connectivity index is 1.44. The molecule has 3 heterocycles. The van der Waals surface area contributed by atoms with Crippen molar-refractivity contribution < 1.29 is 9.21 Å². The largest absolute Gasteiger partial charge is 0.444 e. The Labute approximate surface area is 149 Å². The molecule has 1 saturated heterocycles. The summed E-state index contributed by atoms with van der Waals surface area (Å²) in [5, 5.41) is 6.77. The van der Waals surface area contributed by atoms with Gasteiger partial charge in [-0.2, -0.15) is 0 Å². The van der Waals surface area contributed by atoms with Gasteiger partial charge in [-0.15, -0.1) is 11.3 Å². The summed E-state index contributed by atoms with van der Waals surface area (Å²) in [6, 6.07) is 9.50. The molecule has 7 heteroatoms. The highest BCUT2D eigenvalue weighted by Crippen LogP contribution is 2.31. The SMILES string of the molecule is O=C(Nc1ncc(C2CCNCC2)s1)c1coc(-c2ccccc2)n1. The highest BCUT2D eigenvalue weighted by Gasteiger charge is 2.19. The van der Waals surface area contributed by atoms with Crippen LogP contribution in [0, 0.1) is 0 Å². The van der Waals surface area contributed by atoms with Gasteiger partial charge in [-0.25, -0.2) is 9.97 Å². The number of nitrogens with one attached hydrogen (secondary N) is 2. The molecule has 128 valence electrons. The molecule has 1 fully saturated rings. The fourth-order valence-electron chi connectivity index (χ4n) is 2.89. The zero-order valence-electron chi connectivity index (χ0n) is 13.6. The molecule has 2 aromatic heterocycles. The topological polar surface area (TPSA) is 80.0 Å². The van der Waals surface area contributed by atoms with E-state index in [1.807, 2.05) is 36.5 Å². The first-order valence-electron chi connectivity index (χ1n) is 8.28. The number of hydrogen-bond acceptors (Lipinski definition) is 6. The van der Waals surface area contributed by atoms with Crippen molar-refractivity contribution in [3.8, 4) is 11.5 Å². The molecule has 0 spiro atoms. The minimum atomic E-state index is -0.308. The maximum absolute atomic E-state index is 12.4. The number of hydrogen-bond donors (Lipinski definition) is 2. The zero-order chi connectivity index (χ0) is 17.1. The maximum atomic E-state index is 12.4. The number of rotatable bonds is 4. The quantitative estimate of drug-likeness (QED) is 0.749. The Morgan fingerprint density at radius 2 is 2.04 bits per heavy atom. The Hall–Kier alpha value is -2.51. The third-order valence-corrected chi connectivity index (χ3v) is 5.32. The lowest BCUT2D eigenvalue weighted by molar-refractivity contribution is 0.102. The molecule has 1 aliphatic rings. The van der Waals surface area contributed by atoms with Gasteiger partial charge in [0.05, 0.1) is 0 Å². The van der Waals surface area contributed by atoms with Gasteiger partial charge >= 0.3 is 0 Å². The summed E-state index contributed by atoms with van der Waals surface area (Å²) in [7, 11) is 0. The first kappa shape index (κ1) is 16.0. The van der Waals surface area contributed by atoms with Gasteiger partial charge in [0.25, 0.3) is 5.91 Å². The molecule has 1 aromatic carbocycles. The van der Waals surface area contributed by atoms with Gasteiger partial charge in [-0.05, 0) is 44.0 Å². The van der Waals surface area contributed by atoms with E-state index in [0.717, 1.165) is 31.5 Å². The zero-order valence-corrected chi connectivity index (χ0v) is 14.4. The molecule has 3 aromatic rings. The van der Waals surface area contributed by atoms with Crippen LogP contribution in [0.25, 0.3) is 11.5 Å². The van der Waals surface area contributed by atoms with Gasteiger partial charge < -0.3 is 9.73 Å². The highest BCUT2D eigenvalue weighted by molar-refractivity contribution is 7.15. The van der Waals surface area contributed by atoms with Gasteiger partial charge in [0.2, 0.25) is 5.89 Å². The number of thiazole rings is 1. The summed E-state index contributed by atoms with van der Waals surface area (Å²) in [6.07, 6.45) is 5.46. The Morgan fingerprint density at radius 3 is 2.84 bits per heavy atom. The van der Waals surface area contributed by atoms with E-state index < -0.39 is 0 Å².